The number of carbonyl (C=O) groups is 2. The van der Waals surface area contributed by atoms with Crippen LogP contribution in [0.3, 0.4) is 0 Å². The largest absolute Gasteiger partial charge is 0.331 e. The van der Waals surface area contributed by atoms with Gasteiger partial charge in [-0.2, -0.15) is 0 Å². The van der Waals surface area contributed by atoms with Gasteiger partial charge in [0.25, 0.3) is 0 Å². The predicted octanol–water partition coefficient (Wildman–Crippen LogP) is 2.14. The summed E-state index contributed by atoms with van der Waals surface area (Å²) in [5, 5.41) is 2.52. The summed E-state index contributed by atoms with van der Waals surface area (Å²) in [6.45, 7) is 14.2. The second-order valence-corrected chi connectivity index (χ2v) is 6.28. The van der Waals surface area contributed by atoms with Gasteiger partial charge in [0.2, 0.25) is 0 Å². The number of nitrogens with one attached hydrogen (secondary N) is 1. The van der Waals surface area contributed by atoms with Crippen LogP contribution in [-0.4, -0.2) is 39.8 Å². The SMILES string of the molecule is C=C(C)CN(CC)C(=O)C(=O)Nc1cnc(C(C)(C)C)nc1. The fourth-order valence-corrected chi connectivity index (χ4v) is 1.76. The zero-order valence-electron chi connectivity index (χ0n) is 13.9. The van der Waals surface area contributed by atoms with Gasteiger partial charge >= 0.3 is 11.8 Å². The van der Waals surface area contributed by atoms with Crippen molar-refractivity contribution < 1.29 is 9.59 Å². The second kappa shape index (κ2) is 7.15. The van der Waals surface area contributed by atoms with E-state index in [1.54, 1.807) is 0 Å². The number of rotatable bonds is 4. The Morgan fingerprint density at radius 2 is 1.82 bits per heavy atom. The predicted molar refractivity (Wildman–Crippen MR) is 86.4 cm³/mol. The first-order valence-corrected chi connectivity index (χ1v) is 7.22. The van der Waals surface area contributed by atoms with Crippen LogP contribution in [0.25, 0.3) is 0 Å². The van der Waals surface area contributed by atoms with E-state index >= 15 is 0 Å². The Labute approximate surface area is 131 Å². The number of nitrogens with zero attached hydrogens (tertiary/aromatic N) is 3. The normalized spacial score (nSPS) is 11.0. The molecule has 0 atom stereocenters. The molecule has 0 spiro atoms. The average molecular weight is 304 g/mol. The van der Waals surface area contributed by atoms with Gasteiger partial charge in [0.1, 0.15) is 5.82 Å². The molecule has 120 valence electrons. The maximum Gasteiger partial charge on any atom is 0.314 e. The van der Waals surface area contributed by atoms with E-state index in [2.05, 4.69) is 21.9 Å². The lowest BCUT2D eigenvalue weighted by atomic mass is 9.96. The summed E-state index contributed by atoms with van der Waals surface area (Å²) in [5.41, 5.74) is 1.05. The van der Waals surface area contributed by atoms with Crippen molar-refractivity contribution in [1.82, 2.24) is 14.9 Å². The average Bonchev–Trinajstić information content (AvgIpc) is 2.43. The fraction of sp³-hybridized carbons (Fsp3) is 0.500. The Bertz CT molecular complexity index is 559. The van der Waals surface area contributed by atoms with Crippen molar-refractivity contribution in [2.75, 3.05) is 18.4 Å². The molecule has 0 saturated heterocycles. The van der Waals surface area contributed by atoms with Crippen molar-refractivity contribution >= 4 is 17.5 Å². The Morgan fingerprint density at radius 3 is 2.23 bits per heavy atom. The summed E-state index contributed by atoms with van der Waals surface area (Å²) in [4.78, 5) is 33.9. The Kier molecular flexibility index (Phi) is 5.79. The molecule has 6 nitrogen and oxygen atoms in total. The monoisotopic (exact) mass is 304 g/mol. The van der Waals surface area contributed by atoms with E-state index in [4.69, 9.17) is 0 Å². The first-order valence-electron chi connectivity index (χ1n) is 7.22. The molecule has 1 aromatic rings. The van der Waals surface area contributed by atoms with E-state index in [1.165, 1.54) is 17.3 Å². The molecule has 0 fully saturated rings. The third kappa shape index (κ3) is 4.95. The second-order valence-electron chi connectivity index (χ2n) is 6.28. The van der Waals surface area contributed by atoms with Crippen molar-refractivity contribution in [2.45, 2.75) is 40.0 Å². The molecule has 0 radical (unpaired) electrons. The van der Waals surface area contributed by atoms with Crippen molar-refractivity contribution in [3.05, 3.63) is 30.4 Å². The van der Waals surface area contributed by atoms with Crippen LogP contribution in [0.15, 0.2) is 24.5 Å². The van der Waals surface area contributed by atoms with Crippen LogP contribution in [0.2, 0.25) is 0 Å². The maximum atomic E-state index is 12.1. The number of carbonyl (C=O) groups excluding carboxylic acids is 2. The fourth-order valence-electron chi connectivity index (χ4n) is 1.76. The standard InChI is InChI=1S/C16H24N4O2/c1-7-20(10-11(2)3)14(22)13(21)19-12-8-17-15(18-9-12)16(4,5)6/h8-9H,2,7,10H2,1,3-6H3,(H,19,21). The molecular weight excluding hydrogens is 280 g/mol. The topological polar surface area (TPSA) is 75.2 Å². The molecule has 1 aromatic heterocycles. The molecule has 1 rings (SSSR count). The molecule has 22 heavy (non-hydrogen) atoms. The van der Waals surface area contributed by atoms with Crippen molar-refractivity contribution in [3.8, 4) is 0 Å². The zero-order valence-corrected chi connectivity index (χ0v) is 13.9. The van der Waals surface area contributed by atoms with Gasteiger partial charge < -0.3 is 10.2 Å². The minimum Gasteiger partial charge on any atom is -0.331 e. The molecule has 1 N–H and O–H groups in total. The third-order valence-corrected chi connectivity index (χ3v) is 2.90. The van der Waals surface area contributed by atoms with Crippen molar-refractivity contribution in [1.29, 1.82) is 0 Å². The van der Waals surface area contributed by atoms with E-state index in [0.29, 0.717) is 24.6 Å². The molecule has 0 saturated carbocycles. The Balaban J connectivity index is 2.75. The van der Waals surface area contributed by atoms with Gasteiger partial charge in [-0.3, -0.25) is 9.59 Å². The molecule has 0 aliphatic heterocycles. The molecule has 0 aliphatic carbocycles. The number of amides is 2. The number of hydrogen-bond donors (Lipinski definition) is 1. The van der Waals surface area contributed by atoms with Gasteiger partial charge in [0, 0.05) is 18.5 Å². The molecular formula is C16H24N4O2. The van der Waals surface area contributed by atoms with E-state index in [9.17, 15) is 9.59 Å². The van der Waals surface area contributed by atoms with Crippen LogP contribution in [0.1, 0.15) is 40.4 Å². The minimum atomic E-state index is -0.699. The van der Waals surface area contributed by atoms with E-state index in [-0.39, 0.29) is 5.41 Å². The van der Waals surface area contributed by atoms with Crippen LogP contribution in [0.4, 0.5) is 5.69 Å². The Morgan fingerprint density at radius 1 is 1.27 bits per heavy atom. The summed E-state index contributed by atoms with van der Waals surface area (Å²) in [6.07, 6.45) is 3.02. The van der Waals surface area contributed by atoms with Crippen molar-refractivity contribution in [2.24, 2.45) is 0 Å². The van der Waals surface area contributed by atoms with Gasteiger partial charge in [0.05, 0.1) is 18.1 Å². The molecule has 6 heteroatoms. The van der Waals surface area contributed by atoms with Crippen LogP contribution in [-0.2, 0) is 15.0 Å². The third-order valence-electron chi connectivity index (χ3n) is 2.90. The molecule has 0 aromatic carbocycles. The van der Waals surface area contributed by atoms with E-state index < -0.39 is 11.8 Å². The van der Waals surface area contributed by atoms with Crippen LogP contribution < -0.4 is 5.32 Å². The van der Waals surface area contributed by atoms with Gasteiger partial charge in [0.15, 0.2) is 0 Å². The molecule has 0 unspecified atom stereocenters. The first-order chi connectivity index (χ1) is 10.1. The number of aromatic nitrogens is 2. The highest BCUT2D eigenvalue weighted by Gasteiger charge is 2.21. The maximum absolute atomic E-state index is 12.1. The van der Waals surface area contributed by atoms with Crippen LogP contribution >= 0.6 is 0 Å². The van der Waals surface area contributed by atoms with Gasteiger partial charge in [-0.1, -0.05) is 32.9 Å². The van der Waals surface area contributed by atoms with Gasteiger partial charge in [-0.25, -0.2) is 9.97 Å². The summed E-state index contributed by atoms with van der Waals surface area (Å²) in [6, 6.07) is 0. The number of likely N-dealkylation sites (N-methyl/N-ethyl adjacent to an activating group) is 1. The van der Waals surface area contributed by atoms with E-state index in [0.717, 1.165) is 5.57 Å². The van der Waals surface area contributed by atoms with Gasteiger partial charge in [-0.05, 0) is 13.8 Å². The van der Waals surface area contributed by atoms with E-state index in [1.807, 2.05) is 34.6 Å². The summed E-state index contributed by atoms with van der Waals surface area (Å²) >= 11 is 0. The lowest BCUT2D eigenvalue weighted by Crippen LogP contribution is -2.40. The highest BCUT2D eigenvalue weighted by Crippen LogP contribution is 2.18. The van der Waals surface area contributed by atoms with Crippen LogP contribution in [0, 0.1) is 0 Å². The number of hydrogen-bond acceptors (Lipinski definition) is 4. The molecule has 1 heterocycles. The summed E-state index contributed by atoms with van der Waals surface area (Å²) in [5.74, 6) is -0.616. The van der Waals surface area contributed by atoms with Gasteiger partial charge in [-0.15, -0.1) is 0 Å². The summed E-state index contributed by atoms with van der Waals surface area (Å²) < 4.78 is 0. The lowest BCUT2D eigenvalue weighted by Gasteiger charge is -2.20. The highest BCUT2D eigenvalue weighted by atomic mass is 16.2. The summed E-state index contributed by atoms with van der Waals surface area (Å²) in [7, 11) is 0. The molecule has 0 aliphatic rings. The number of anilines is 1. The highest BCUT2D eigenvalue weighted by molar-refractivity contribution is 6.39. The smallest absolute Gasteiger partial charge is 0.314 e. The van der Waals surface area contributed by atoms with Crippen LogP contribution in [0.5, 0.6) is 0 Å². The van der Waals surface area contributed by atoms with Crippen molar-refractivity contribution in [3.63, 3.8) is 0 Å². The zero-order chi connectivity index (χ0) is 16.9. The Hall–Kier alpha value is -2.24. The minimum absolute atomic E-state index is 0.168. The lowest BCUT2D eigenvalue weighted by molar-refractivity contribution is -0.142. The molecule has 2 amide bonds. The quantitative estimate of drug-likeness (QED) is 0.683. The first kappa shape index (κ1) is 17.8. The molecule has 0 bridgehead atoms.